The molecule has 0 saturated heterocycles. The van der Waals surface area contributed by atoms with Crippen LogP contribution < -0.4 is 15.6 Å². The van der Waals surface area contributed by atoms with Crippen LogP contribution in [0, 0.1) is 6.92 Å². The highest BCUT2D eigenvalue weighted by atomic mass is 35.5. The molecule has 0 fully saturated rings. The summed E-state index contributed by atoms with van der Waals surface area (Å²) >= 11 is 12.0. The molecule has 0 spiro atoms. The van der Waals surface area contributed by atoms with E-state index in [2.05, 4.69) is 5.32 Å². The summed E-state index contributed by atoms with van der Waals surface area (Å²) < 4.78 is 6.73. The van der Waals surface area contributed by atoms with Crippen molar-refractivity contribution in [2.75, 3.05) is 12.4 Å². The summed E-state index contributed by atoms with van der Waals surface area (Å²) in [6.45, 7) is 2.19. The zero-order chi connectivity index (χ0) is 20.3. The van der Waals surface area contributed by atoms with E-state index in [9.17, 15) is 9.59 Å². The number of pyridine rings is 1. The first-order valence-electron chi connectivity index (χ1n) is 8.48. The molecule has 0 aliphatic carbocycles. The Morgan fingerprint density at radius 1 is 1.07 bits per heavy atom. The van der Waals surface area contributed by atoms with E-state index < -0.39 is 0 Å². The average molecular weight is 417 g/mol. The van der Waals surface area contributed by atoms with E-state index in [1.165, 1.54) is 30.0 Å². The molecule has 2 aromatic carbocycles. The molecule has 1 heterocycles. The van der Waals surface area contributed by atoms with Gasteiger partial charge >= 0.3 is 0 Å². The number of carbonyl (C=O) groups excluding carboxylic acids is 1. The molecule has 5 nitrogen and oxygen atoms in total. The number of methoxy groups -OCH3 is 1. The fourth-order valence-electron chi connectivity index (χ4n) is 2.74. The first kappa shape index (κ1) is 20.0. The van der Waals surface area contributed by atoms with E-state index in [1.807, 2.05) is 19.1 Å². The summed E-state index contributed by atoms with van der Waals surface area (Å²) in [5.74, 6) is 0.217. The van der Waals surface area contributed by atoms with Crippen LogP contribution in [-0.4, -0.2) is 17.6 Å². The predicted octanol–water partition coefficient (Wildman–Crippen LogP) is 4.77. The van der Waals surface area contributed by atoms with Gasteiger partial charge in [0.15, 0.2) is 0 Å². The minimum Gasteiger partial charge on any atom is -0.495 e. The minimum atomic E-state index is -0.341. The number of aromatic nitrogens is 1. The molecule has 28 heavy (non-hydrogen) atoms. The molecule has 0 aliphatic rings. The molecule has 1 aromatic heterocycles. The number of carbonyl (C=O) groups is 1. The summed E-state index contributed by atoms with van der Waals surface area (Å²) in [5, 5.41) is 3.68. The number of hydrogen-bond acceptors (Lipinski definition) is 3. The number of nitrogens with one attached hydrogen (secondary N) is 1. The number of anilines is 1. The average Bonchev–Trinajstić information content (AvgIpc) is 2.66. The lowest BCUT2D eigenvalue weighted by atomic mass is 10.2. The second kappa shape index (κ2) is 8.50. The lowest BCUT2D eigenvalue weighted by Gasteiger charge is -2.12. The molecule has 3 aromatic rings. The normalized spacial score (nSPS) is 10.6. The van der Waals surface area contributed by atoms with Crippen LogP contribution in [-0.2, 0) is 6.54 Å². The van der Waals surface area contributed by atoms with Gasteiger partial charge in [-0.3, -0.25) is 9.59 Å². The molecular formula is C21H18Cl2N2O3. The summed E-state index contributed by atoms with van der Waals surface area (Å²) in [6, 6.07) is 13.5. The Hall–Kier alpha value is -2.76. The Morgan fingerprint density at radius 2 is 1.86 bits per heavy atom. The quantitative estimate of drug-likeness (QED) is 0.651. The van der Waals surface area contributed by atoms with Gasteiger partial charge in [0.25, 0.3) is 11.5 Å². The van der Waals surface area contributed by atoms with Gasteiger partial charge in [0.2, 0.25) is 0 Å². The van der Waals surface area contributed by atoms with E-state index in [0.29, 0.717) is 27.0 Å². The topological polar surface area (TPSA) is 60.3 Å². The van der Waals surface area contributed by atoms with Gasteiger partial charge < -0.3 is 14.6 Å². The summed E-state index contributed by atoms with van der Waals surface area (Å²) in [7, 11) is 1.54. The number of halogens is 2. The van der Waals surface area contributed by atoms with Crippen molar-refractivity contribution in [3.05, 3.63) is 91.8 Å². The molecule has 0 aliphatic heterocycles. The highest BCUT2D eigenvalue weighted by Crippen LogP contribution is 2.26. The van der Waals surface area contributed by atoms with E-state index in [-0.39, 0.29) is 18.0 Å². The molecule has 144 valence electrons. The van der Waals surface area contributed by atoms with Crippen LogP contribution in [0.5, 0.6) is 5.75 Å². The van der Waals surface area contributed by atoms with Crippen molar-refractivity contribution >= 4 is 34.8 Å². The van der Waals surface area contributed by atoms with Crippen LogP contribution in [0.25, 0.3) is 0 Å². The van der Waals surface area contributed by atoms with E-state index in [4.69, 9.17) is 27.9 Å². The van der Waals surface area contributed by atoms with Crippen molar-refractivity contribution < 1.29 is 9.53 Å². The predicted molar refractivity (Wildman–Crippen MR) is 112 cm³/mol. The van der Waals surface area contributed by atoms with Crippen molar-refractivity contribution in [2.24, 2.45) is 0 Å². The maximum atomic E-state index is 12.7. The number of benzene rings is 2. The molecule has 1 amide bonds. The SMILES string of the molecule is COc1ccc(C)cc1NC(=O)c1ccc(=O)n(Cc2ccc(Cl)c(Cl)c2)c1. The molecule has 0 saturated carbocycles. The van der Waals surface area contributed by atoms with E-state index in [0.717, 1.165) is 11.1 Å². The van der Waals surface area contributed by atoms with Crippen LogP contribution in [0.15, 0.2) is 59.5 Å². The van der Waals surface area contributed by atoms with Crippen molar-refractivity contribution in [1.82, 2.24) is 4.57 Å². The standard InChI is InChI=1S/C21H18Cl2N2O3/c1-13-3-7-19(28-2)18(9-13)24-21(27)15-5-8-20(26)25(12-15)11-14-4-6-16(22)17(23)10-14/h3-10,12H,11H2,1-2H3,(H,24,27). The summed E-state index contributed by atoms with van der Waals surface area (Å²) in [5.41, 5.74) is 2.48. The van der Waals surface area contributed by atoms with Crippen LogP contribution in [0.3, 0.4) is 0 Å². The molecule has 0 unspecified atom stereocenters. The van der Waals surface area contributed by atoms with Crippen molar-refractivity contribution in [2.45, 2.75) is 13.5 Å². The van der Waals surface area contributed by atoms with E-state index in [1.54, 1.807) is 24.3 Å². The number of ether oxygens (including phenoxy) is 1. The van der Waals surface area contributed by atoms with Gasteiger partial charge in [-0.15, -0.1) is 0 Å². The molecule has 0 atom stereocenters. The number of rotatable bonds is 5. The monoisotopic (exact) mass is 416 g/mol. The second-order valence-electron chi connectivity index (χ2n) is 6.29. The Bertz CT molecular complexity index is 1090. The molecular weight excluding hydrogens is 399 g/mol. The second-order valence-corrected chi connectivity index (χ2v) is 7.10. The van der Waals surface area contributed by atoms with Gasteiger partial charge in [0.1, 0.15) is 5.75 Å². The van der Waals surface area contributed by atoms with Gasteiger partial charge in [-0.05, 0) is 48.4 Å². The van der Waals surface area contributed by atoms with Gasteiger partial charge in [-0.2, -0.15) is 0 Å². The number of hydrogen-bond donors (Lipinski definition) is 1. The fourth-order valence-corrected chi connectivity index (χ4v) is 3.06. The van der Waals surface area contributed by atoms with Gasteiger partial charge in [0, 0.05) is 12.3 Å². The van der Waals surface area contributed by atoms with Gasteiger partial charge in [-0.1, -0.05) is 35.3 Å². The third kappa shape index (κ3) is 4.55. The van der Waals surface area contributed by atoms with E-state index >= 15 is 0 Å². The number of aryl methyl sites for hydroxylation is 1. The number of nitrogens with zero attached hydrogens (tertiary/aromatic N) is 1. The first-order chi connectivity index (χ1) is 13.4. The van der Waals surface area contributed by atoms with Crippen LogP contribution in [0.4, 0.5) is 5.69 Å². The van der Waals surface area contributed by atoms with Crippen LogP contribution in [0.2, 0.25) is 10.0 Å². The van der Waals surface area contributed by atoms with Crippen LogP contribution in [0.1, 0.15) is 21.5 Å². The first-order valence-corrected chi connectivity index (χ1v) is 9.23. The molecule has 3 rings (SSSR count). The molecule has 0 bridgehead atoms. The molecule has 7 heteroatoms. The largest absolute Gasteiger partial charge is 0.495 e. The maximum absolute atomic E-state index is 12.7. The fraction of sp³-hybridized carbons (Fsp3) is 0.143. The Kier molecular flexibility index (Phi) is 6.07. The van der Waals surface area contributed by atoms with Crippen molar-refractivity contribution in [1.29, 1.82) is 0 Å². The highest BCUT2D eigenvalue weighted by molar-refractivity contribution is 6.42. The van der Waals surface area contributed by atoms with Gasteiger partial charge in [-0.25, -0.2) is 0 Å². The zero-order valence-corrected chi connectivity index (χ0v) is 16.8. The zero-order valence-electron chi connectivity index (χ0n) is 15.3. The van der Waals surface area contributed by atoms with Gasteiger partial charge in [0.05, 0.1) is 35.0 Å². The summed E-state index contributed by atoms with van der Waals surface area (Å²) in [4.78, 5) is 24.9. The van der Waals surface area contributed by atoms with Crippen LogP contribution >= 0.6 is 23.2 Å². The number of amides is 1. The molecule has 1 N–H and O–H groups in total. The molecule has 0 radical (unpaired) electrons. The minimum absolute atomic E-state index is 0.226. The smallest absolute Gasteiger partial charge is 0.257 e. The third-order valence-corrected chi connectivity index (χ3v) is 4.92. The van der Waals surface area contributed by atoms with Crippen molar-refractivity contribution in [3.63, 3.8) is 0 Å². The Balaban J connectivity index is 1.86. The van der Waals surface area contributed by atoms with Crippen molar-refractivity contribution in [3.8, 4) is 5.75 Å². The maximum Gasteiger partial charge on any atom is 0.257 e. The highest BCUT2D eigenvalue weighted by Gasteiger charge is 2.12. The lowest BCUT2D eigenvalue weighted by Crippen LogP contribution is -2.22. The Labute approximate surface area is 172 Å². The Morgan fingerprint density at radius 3 is 2.57 bits per heavy atom. The lowest BCUT2D eigenvalue weighted by molar-refractivity contribution is 0.102. The summed E-state index contributed by atoms with van der Waals surface area (Å²) in [6.07, 6.45) is 1.52. The third-order valence-electron chi connectivity index (χ3n) is 4.19.